The molecule has 2 aromatic carbocycles. The molecule has 2 aromatic rings. The maximum Gasteiger partial charge on any atom is 0.258 e. The Balaban J connectivity index is 0.00000243. The van der Waals surface area contributed by atoms with Crippen LogP contribution in [0.1, 0.15) is 21.5 Å². The van der Waals surface area contributed by atoms with Crippen LogP contribution in [0.3, 0.4) is 0 Å². The van der Waals surface area contributed by atoms with Crippen molar-refractivity contribution < 1.29 is 13.9 Å². The Kier molecular flexibility index (Phi) is 6.77. The van der Waals surface area contributed by atoms with Crippen molar-refractivity contribution >= 4 is 24.0 Å². The number of hydrogen-bond donors (Lipinski definition) is 1. The molecule has 0 bridgehead atoms. The molecule has 1 aliphatic heterocycles. The number of anilines is 1. The Morgan fingerprint density at radius 2 is 2.00 bits per heavy atom. The predicted octanol–water partition coefficient (Wildman–Crippen LogP) is 3.81. The first-order valence-electron chi connectivity index (χ1n) is 8.25. The smallest absolute Gasteiger partial charge is 0.258 e. The van der Waals surface area contributed by atoms with Crippen molar-refractivity contribution in [3.05, 3.63) is 71.1 Å². The molecule has 0 fully saturated rings. The third-order valence-corrected chi connectivity index (χ3v) is 4.34. The number of nitrogens with zero attached hydrogens (tertiary/aromatic N) is 1. The molecule has 1 heterocycles. The van der Waals surface area contributed by atoms with E-state index in [1.165, 1.54) is 0 Å². The van der Waals surface area contributed by atoms with Gasteiger partial charge < -0.3 is 15.4 Å². The molecule has 3 rings (SSSR count). The Labute approximate surface area is 158 Å². The summed E-state index contributed by atoms with van der Waals surface area (Å²) in [5.41, 5.74) is 9.50. The molecule has 0 radical (unpaired) electrons. The molecule has 0 aliphatic carbocycles. The van der Waals surface area contributed by atoms with Crippen molar-refractivity contribution in [3.63, 3.8) is 0 Å². The SMILES string of the molecule is Cc1ccc(N2CCc3cc(OC/C(=C/F)CN)ccc3C2=O)cc1.Cl. The lowest BCUT2D eigenvalue weighted by atomic mass is 9.98. The fourth-order valence-electron chi connectivity index (χ4n) is 2.84. The van der Waals surface area contributed by atoms with Crippen LogP contribution in [0.4, 0.5) is 10.1 Å². The number of ether oxygens (including phenoxy) is 1. The lowest BCUT2D eigenvalue weighted by Crippen LogP contribution is -2.37. The molecular weight excluding hydrogens is 355 g/mol. The average molecular weight is 377 g/mol. The maximum absolute atomic E-state index is 12.8. The molecular formula is C20H22ClFN2O2. The van der Waals surface area contributed by atoms with Crippen LogP contribution in [-0.2, 0) is 6.42 Å². The monoisotopic (exact) mass is 376 g/mol. The van der Waals surface area contributed by atoms with E-state index in [0.717, 1.165) is 23.2 Å². The third-order valence-electron chi connectivity index (χ3n) is 4.34. The van der Waals surface area contributed by atoms with Gasteiger partial charge in [-0.25, -0.2) is 4.39 Å². The van der Waals surface area contributed by atoms with Gasteiger partial charge in [0.2, 0.25) is 0 Å². The molecule has 0 saturated heterocycles. The second-order valence-corrected chi connectivity index (χ2v) is 6.12. The van der Waals surface area contributed by atoms with Crippen LogP contribution in [0.2, 0.25) is 0 Å². The summed E-state index contributed by atoms with van der Waals surface area (Å²) in [7, 11) is 0. The number of nitrogens with two attached hydrogens (primary N) is 1. The first-order valence-corrected chi connectivity index (χ1v) is 8.25. The zero-order valence-electron chi connectivity index (χ0n) is 14.6. The van der Waals surface area contributed by atoms with Gasteiger partial charge in [-0.2, -0.15) is 0 Å². The van der Waals surface area contributed by atoms with Gasteiger partial charge >= 0.3 is 0 Å². The standard InChI is InChI=1S/C20H21FN2O2.ClH/c1-14-2-4-17(5-3-14)23-9-8-16-10-18(6-7-19(16)20(23)24)25-13-15(11-21)12-22;/h2-7,10-11H,8-9,12-13,22H2,1H3;1H/b15-11+;. The van der Waals surface area contributed by atoms with E-state index in [-0.39, 0.29) is 31.5 Å². The van der Waals surface area contributed by atoms with Crippen molar-refractivity contribution in [1.29, 1.82) is 0 Å². The summed E-state index contributed by atoms with van der Waals surface area (Å²) in [6, 6.07) is 13.3. The van der Waals surface area contributed by atoms with E-state index in [1.807, 2.05) is 37.3 Å². The van der Waals surface area contributed by atoms with Gasteiger partial charge in [-0.3, -0.25) is 4.79 Å². The van der Waals surface area contributed by atoms with E-state index in [4.69, 9.17) is 10.5 Å². The van der Waals surface area contributed by atoms with E-state index in [0.29, 0.717) is 29.8 Å². The highest BCUT2D eigenvalue weighted by atomic mass is 35.5. The van der Waals surface area contributed by atoms with Crippen molar-refractivity contribution in [1.82, 2.24) is 0 Å². The Bertz CT molecular complexity index is 806. The minimum atomic E-state index is -0.0112. The summed E-state index contributed by atoms with van der Waals surface area (Å²) < 4.78 is 18.1. The number of halogens is 2. The molecule has 0 saturated carbocycles. The number of hydrogen-bond acceptors (Lipinski definition) is 3. The van der Waals surface area contributed by atoms with E-state index < -0.39 is 0 Å². The Morgan fingerprint density at radius 1 is 1.27 bits per heavy atom. The zero-order chi connectivity index (χ0) is 17.8. The first-order chi connectivity index (χ1) is 12.1. The average Bonchev–Trinajstić information content (AvgIpc) is 2.64. The van der Waals surface area contributed by atoms with Gasteiger partial charge in [0.25, 0.3) is 5.91 Å². The zero-order valence-corrected chi connectivity index (χ0v) is 15.4. The molecule has 1 aliphatic rings. The molecule has 26 heavy (non-hydrogen) atoms. The molecule has 0 aromatic heterocycles. The van der Waals surface area contributed by atoms with Gasteiger partial charge in [-0.15, -0.1) is 12.4 Å². The summed E-state index contributed by atoms with van der Waals surface area (Å²) in [5, 5.41) is 0. The van der Waals surface area contributed by atoms with Crippen LogP contribution < -0.4 is 15.4 Å². The topological polar surface area (TPSA) is 55.6 Å². The molecule has 138 valence electrons. The quantitative estimate of drug-likeness (QED) is 0.863. The first kappa shape index (κ1) is 19.9. The predicted molar refractivity (Wildman–Crippen MR) is 104 cm³/mol. The molecule has 0 unspecified atom stereocenters. The summed E-state index contributed by atoms with van der Waals surface area (Å²) >= 11 is 0. The highest BCUT2D eigenvalue weighted by molar-refractivity contribution is 6.08. The molecule has 0 spiro atoms. The number of fused-ring (bicyclic) bond motifs is 1. The maximum atomic E-state index is 12.8. The van der Waals surface area contributed by atoms with Gasteiger partial charge in [0.1, 0.15) is 12.4 Å². The lowest BCUT2D eigenvalue weighted by molar-refractivity contribution is 0.0980. The fourth-order valence-corrected chi connectivity index (χ4v) is 2.84. The summed E-state index contributed by atoms with van der Waals surface area (Å²) in [4.78, 5) is 14.6. The van der Waals surface area contributed by atoms with Crippen molar-refractivity contribution in [2.24, 2.45) is 5.73 Å². The number of rotatable bonds is 5. The number of aryl methyl sites for hydroxylation is 1. The highest BCUT2D eigenvalue weighted by Crippen LogP contribution is 2.27. The number of carbonyl (C=O) groups is 1. The van der Waals surface area contributed by atoms with E-state index in [1.54, 1.807) is 17.0 Å². The van der Waals surface area contributed by atoms with Crippen molar-refractivity contribution in [3.8, 4) is 5.75 Å². The molecule has 4 nitrogen and oxygen atoms in total. The number of amides is 1. The van der Waals surface area contributed by atoms with E-state index in [9.17, 15) is 9.18 Å². The largest absolute Gasteiger partial charge is 0.489 e. The Morgan fingerprint density at radius 3 is 2.65 bits per heavy atom. The minimum Gasteiger partial charge on any atom is -0.489 e. The van der Waals surface area contributed by atoms with Gasteiger partial charge in [0.15, 0.2) is 0 Å². The molecule has 6 heteroatoms. The normalized spacial score (nSPS) is 13.9. The third kappa shape index (κ3) is 4.23. The van der Waals surface area contributed by atoms with Gasteiger partial charge in [0, 0.05) is 29.9 Å². The van der Waals surface area contributed by atoms with E-state index in [2.05, 4.69) is 0 Å². The fraction of sp³-hybridized carbons (Fsp3) is 0.250. The van der Waals surface area contributed by atoms with Crippen LogP contribution in [-0.4, -0.2) is 25.6 Å². The van der Waals surface area contributed by atoms with Crippen LogP contribution >= 0.6 is 12.4 Å². The Hall–Kier alpha value is -2.37. The van der Waals surface area contributed by atoms with Crippen LogP contribution in [0.25, 0.3) is 0 Å². The molecule has 2 N–H and O–H groups in total. The van der Waals surface area contributed by atoms with Crippen LogP contribution in [0.15, 0.2) is 54.4 Å². The molecule has 1 amide bonds. The minimum absolute atomic E-state index is 0. The van der Waals surface area contributed by atoms with Crippen LogP contribution in [0.5, 0.6) is 5.75 Å². The molecule has 0 atom stereocenters. The number of carbonyl (C=O) groups excluding carboxylic acids is 1. The highest BCUT2D eigenvalue weighted by Gasteiger charge is 2.25. The van der Waals surface area contributed by atoms with E-state index >= 15 is 0 Å². The second kappa shape index (κ2) is 8.83. The van der Waals surface area contributed by atoms with Crippen molar-refractivity contribution in [2.45, 2.75) is 13.3 Å². The lowest BCUT2D eigenvalue weighted by Gasteiger charge is -2.29. The summed E-state index contributed by atoms with van der Waals surface area (Å²) in [6.45, 7) is 2.87. The van der Waals surface area contributed by atoms with Gasteiger partial charge in [-0.05, 0) is 49.2 Å². The second-order valence-electron chi connectivity index (χ2n) is 6.12. The summed E-state index contributed by atoms with van der Waals surface area (Å²) in [6.07, 6.45) is 1.22. The van der Waals surface area contributed by atoms with Gasteiger partial charge in [-0.1, -0.05) is 17.7 Å². The van der Waals surface area contributed by atoms with Crippen molar-refractivity contribution in [2.75, 3.05) is 24.6 Å². The number of benzene rings is 2. The summed E-state index contributed by atoms with van der Waals surface area (Å²) in [5.74, 6) is 0.603. The van der Waals surface area contributed by atoms with Gasteiger partial charge in [0.05, 0.1) is 6.33 Å². The van der Waals surface area contributed by atoms with Crippen LogP contribution in [0, 0.1) is 6.92 Å².